The monoisotopic (exact) mass is 386 g/mol. The maximum absolute atomic E-state index is 14.0. The lowest BCUT2D eigenvalue weighted by atomic mass is 9.92. The number of hydrogen-bond acceptors (Lipinski definition) is 5. The molecule has 2 heterocycles. The van der Waals surface area contributed by atoms with Crippen molar-refractivity contribution in [3.05, 3.63) is 59.0 Å². The van der Waals surface area contributed by atoms with Crippen molar-refractivity contribution < 1.29 is 8.78 Å². The third-order valence-electron chi connectivity index (χ3n) is 4.27. The maximum Gasteiger partial charge on any atom is 0.153 e. The minimum atomic E-state index is -0.605. The zero-order chi connectivity index (χ0) is 20.5. The Kier molecular flexibility index (Phi) is 5.31. The van der Waals surface area contributed by atoms with Crippen LogP contribution >= 0.6 is 0 Å². The minimum Gasteiger partial charge on any atom is -0.363 e. The third-order valence-corrected chi connectivity index (χ3v) is 4.27. The number of aromatic amines is 1. The van der Waals surface area contributed by atoms with Crippen LogP contribution in [0.25, 0.3) is 0 Å². The van der Waals surface area contributed by atoms with Gasteiger partial charge >= 0.3 is 0 Å². The van der Waals surface area contributed by atoms with E-state index in [9.17, 15) is 8.78 Å². The highest BCUT2D eigenvalue weighted by atomic mass is 19.1. The number of halogens is 2. The van der Waals surface area contributed by atoms with Crippen molar-refractivity contribution in [1.29, 1.82) is 0 Å². The summed E-state index contributed by atoms with van der Waals surface area (Å²) >= 11 is 0. The first kappa shape index (κ1) is 19.7. The predicted molar refractivity (Wildman–Crippen MR) is 106 cm³/mol. The first-order chi connectivity index (χ1) is 13.1. The van der Waals surface area contributed by atoms with Gasteiger partial charge in [-0.15, -0.1) is 0 Å². The molecule has 6 nitrogen and oxygen atoms in total. The summed E-state index contributed by atoms with van der Waals surface area (Å²) in [5.41, 5.74) is 1.31. The van der Waals surface area contributed by atoms with Crippen LogP contribution in [0.2, 0.25) is 0 Å². The molecule has 3 aromatic rings. The van der Waals surface area contributed by atoms with E-state index in [1.165, 1.54) is 12.1 Å². The van der Waals surface area contributed by atoms with Gasteiger partial charge in [0.05, 0.1) is 6.04 Å². The molecule has 0 radical (unpaired) electrons. The molecule has 1 aromatic carbocycles. The summed E-state index contributed by atoms with van der Waals surface area (Å²) in [5, 5.41) is 13.6. The van der Waals surface area contributed by atoms with E-state index in [-0.39, 0.29) is 5.41 Å². The van der Waals surface area contributed by atoms with Crippen LogP contribution in [-0.4, -0.2) is 20.2 Å². The Bertz CT molecular complexity index is 977. The number of hydrogen-bond donors (Lipinski definition) is 3. The lowest BCUT2D eigenvalue weighted by Gasteiger charge is -2.17. The molecule has 0 spiro atoms. The van der Waals surface area contributed by atoms with Crippen LogP contribution < -0.4 is 10.6 Å². The molecule has 8 heteroatoms. The second kappa shape index (κ2) is 7.53. The van der Waals surface area contributed by atoms with Crippen molar-refractivity contribution >= 4 is 17.5 Å². The molecule has 28 heavy (non-hydrogen) atoms. The Balaban J connectivity index is 1.78. The molecular weight excluding hydrogens is 362 g/mol. The second-order valence-corrected chi connectivity index (χ2v) is 7.76. The summed E-state index contributed by atoms with van der Waals surface area (Å²) in [6.45, 7) is 9.83. The Morgan fingerprint density at radius 1 is 1.00 bits per heavy atom. The summed E-state index contributed by atoms with van der Waals surface area (Å²) in [7, 11) is 0. The molecule has 0 saturated heterocycles. The van der Waals surface area contributed by atoms with E-state index in [0.717, 1.165) is 11.8 Å². The summed E-state index contributed by atoms with van der Waals surface area (Å²) < 4.78 is 27.1. The van der Waals surface area contributed by atoms with Gasteiger partial charge in [-0.3, -0.25) is 5.10 Å². The smallest absolute Gasteiger partial charge is 0.153 e. The Labute approximate surface area is 162 Å². The van der Waals surface area contributed by atoms with Gasteiger partial charge in [0.15, 0.2) is 5.82 Å². The molecule has 148 valence electrons. The molecule has 0 fully saturated rings. The van der Waals surface area contributed by atoms with Gasteiger partial charge in [0, 0.05) is 34.9 Å². The number of aryl methyl sites for hydroxylation is 1. The highest BCUT2D eigenvalue weighted by Crippen LogP contribution is 2.25. The zero-order valence-electron chi connectivity index (χ0n) is 16.6. The van der Waals surface area contributed by atoms with E-state index in [2.05, 4.69) is 51.6 Å². The van der Waals surface area contributed by atoms with Crippen LogP contribution in [0.15, 0.2) is 30.3 Å². The van der Waals surface area contributed by atoms with Crippen molar-refractivity contribution in [3.8, 4) is 0 Å². The topological polar surface area (TPSA) is 78.5 Å². The molecule has 0 amide bonds. The van der Waals surface area contributed by atoms with E-state index in [4.69, 9.17) is 0 Å². The Morgan fingerprint density at radius 2 is 1.71 bits per heavy atom. The van der Waals surface area contributed by atoms with Crippen molar-refractivity contribution in [2.24, 2.45) is 0 Å². The minimum absolute atomic E-state index is 0.0457. The van der Waals surface area contributed by atoms with Gasteiger partial charge in [-0.1, -0.05) is 26.8 Å². The fraction of sp³-hybridized carbons (Fsp3) is 0.350. The molecule has 0 aliphatic rings. The molecule has 2 aromatic heterocycles. The fourth-order valence-corrected chi connectivity index (χ4v) is 2.76. The highest BCUT2D eigenvalue weighted by molar-refractivity contribution is 5.57. The Hall–Kier alpha value is -3.03. The summed E-state index contributed by atoms with van der Waals surface area (Å²) in [6.07, 6.45) is 0. The number of aromatic nitrogens is 4. The number of rotatable bonds is 5. The Morgan fingerprint density at radius 3 is 2.36 bits per heavy atom. The lowest BCUT2D eigenvalue weighted by molar-refractivity contribution is 0.566. The molecular formula is C20H24F2N6. The van der Waals surface area contributed by atoms with Gasteiger partial charge in [0.2, 0.25) is 0 Å². The second-order valence-electron chi connectivity index (χ2n) is 7.76. The summed E-state index contributed by atoms with van der Waals surface area (Å²) in [6, 6.07) is 6.78. The maximum atomic E-state index is 14.0. The lowest BCUT2D eigenvalue weighted by Crippen LogP contribution is -2.11. The van der Waals surface area contributed by atoms with Gasteiger partial charge in [0.25, 0.3) is 0 Å². The van der Waals surface area contributed by atoms with E-state index < -0.39 is 17.7 Å². The normalized spacial score (nSPS) is 12.7. The summed E-state index contributed by atoms with van der Waals surface area (Å²) in [5.74, 6) is 1.07. The standard InChI is InChI=1S/C20H24F2N6/c1-11(14-7-6-13(21)8-15(14)22)23-17-10-18(25-12(2)24-17)26-19-9-16(27-28-19)20(3,4)5/h6-11H,1-5H3,(H3,23,24,25,26,27,28). The molecule has 0 aliphatic heterocycles. The molecule has 0 bridgehead atoms. The van der Waals surface area contributed by atoms with E-state index in [1.807, 2.05) is 6.07 Å². The molecule has 1 unspecified atom stereocenters. The summed E-state index contributed by atoms with van der Waals surface area (Å²) in [4.78, 5) is 8.72. The molecule has 0 aliphatic carbocycles. The molecule has 3 N–H and O–H groups in total. The van der Waals surface area contributed by atoms with Gasteiger partial charge in [-0.05, 0) is 19.9 Å². The van der Waals surface area contributed by atoms with E-state index >= 15 is 0 Å². The van der Waals surface area contributed by atoms with Gasteiger partial charge < -0.3 is 10.6 Å². The molecule has 1 atom stereocenters. The van der Waals surface area contributed by atoms with Gasteiger partial charge in [-0.25, -0.2) is 18.7 Å². The largest absolute Gasteiger partial charge is 0.363 e. The third kappa shape index (κ3) is 4.62. The van der Waals surface area contributed by atoms with Crippen LogP contribution in [-0.2, 0) is 5.41 Å². The molecule has 3 rings (SSSR count). The van der Waals surface area contributed by atoms with Crippen LogP contribution in [0.5, 0.6) is 0 Å². The van der Waals surface area contributed by atoms with E-state index in [1.54, 1.807) is 19.9 Å². The van der Waals surface area contributed by atoms with Crippen LogP contribution in [0.4, 0.5) is 26.2 Å². The number of benzene rings is 1. The SMILES string of the molecule is Cc1nc(Nc2cc(C(C)(C)C)[nH]n2)cc(NC(C)c2ccc(F)cc2F)n1. The zero-order valence-corrected chi connectivity index (χ0v) is 16.6. The average Bonchev–Trinajstić information content (AvgIpc) is 3.02. The van der Waals surface area contributed by atoms with Crippen molar-refractivity contribution in [1.82, 2.24) is 20.2 Å². The van der Waals surface area contributed by atoms with Gasteiger partial charge in [0.1, 0.15) is 29.1 Å². The van der Waals surface area contributed by atoms with Crippen LogP contribution in [0.1, 0.15) is 50.8 Å². The van der Waals surface area contributed by atoms with E-state index in [0.29, 0.717) is 28.8 Å². The van der Waals surface area contributed by atoms with Gasteiger partial charge in [-0.2, -0.15) is 5.10 Å². The number of nitrogens with one attached hydrogen (secondary N) is 3. The quantitative estimate of drug-likeness (QED) is 0.575. The van der Waals surface area contributed by atoms with Crippen molar-refractivity contribution in [2.45, 2.75) is 46.1 Å². The number of H-pyrrole nitrogens is 1. The predicted octanol–water partition coefficient (Wildman–Crippen LogP) is 5.00. The van der Waals surface area contributed by atoms with Crippen LogP contribution in [0, 0.1) is 18.6 Å². The molecule has 0 saturated carbocycles. The first-order valence-electron chi connectivity index (χ1n) is 9.02. The van der Waals surface area contributed by atoms with Crippen LogP contribution in [0.3, 0.4) is 0 Å². The number of nitrogens with zero attached hydrogens (tertiary/aromatic N) is 3. The average molecular weight is 386 g/mol. The number of anilines is 3. The first-order valence-corrected chi connectivity index (χ1v) is 9.02. The highest BCUT2D eigenvalue weighted by Gasteiger charge is 2.17. The van der Waals surface area contributed by atoms with Crippen molar-refractivity contribution in [3.63, 3.8) is 0 Å². The fourth-order valence-electron chi connectivity index (χ4n) is 2.76. The van der Waals surface area contributed by atoms with Crippen molar-refractivity contribution in [2.75, 3.05) is 10.6 Å².